The molecule has 0 N–H and O–H groups in total. The summed E-state index contributed by atoms with van der Waals surface area (Å²) in [4.78, 5) is 13.7. The Kier molecular flexibility index (Phi) is 4.11. The van der Waals surface area contributed by atoms with E-state index in [1.807, 2.05) is 4.57 Å². The number of carbonyl (C=O) groups is 1. The van der Waals surface area contributed by atoms with Crippen LogP contribution in [-0.4, -0.2) is 28.7 Å². The van der Waals surface area contributed by atoms with Crippen molar-refractivity contribution in [3.63, 3.8) is 0 Å². The highest BCUT2D eigenvalue weighted by Gasteiger charge is 2.28. The van der Waals surface area contributed by atoms with Crippen LogP contribution in [0.2, 0.25) is 0 Å². The first kappa shape index (κ1) is 16.6. The zero-order valence-electron chi connectivity index (χ0n) is 14.3. The molecule has 0 unspecified atom stereocenters. The molecule has 0 radical (unpaired) electrons. The minimum Gasteiger partial charge on any atom is -0.450 e. The van der Waals surface area contributed by atoms with Crippen LogP contribution in [0.5, 0.6) is 0 Å². The zero-order valence-corrected chi connectivity index (χ0v) is 14.3. The lowest BCUT2D eigenvalue weighted by molar-refractivity contribution is 0.102. The van der Waals surface area contributed by atoms with E-state index in [0.29, 0.717) is 26.1 Å². The minimum absolute atomic E-state index is 0.307. The quantitative estimate of drug-likeness (QED) is 0.681. The Hall–Kier alpha value is -2.89. The smallest absolute Gasteiger partial charge is 0.410 e. The lowest BCUT2D eigenvalue weighted by Gasteiger charge is -2.27. The van der Waals surface area contributed by atoms with Gasteiger partial charge in [0, 0.05) is 35.3 Å². The normalized spacial score (nSPS) is 13.7. The van der Waals surface area contributed by atoms with Gasteiger partial charge in [0.2, 0.25) is 0 Å². The number of halogens is 2. The Labute approximate surface area is 149 Å². The highest BCUT2D eigenvalue weighted by atomic mass is 19.1. The Morgan fingerprint density at radius 1 is 1.12 bits per heavy atom. The van der Waals surface area contributed by atoms with Gasteiger partial charge >= 0.3 is 6.09 Å². The van der Waals surface area contributed by atoms with E-state index in [0.717, 1.165) is 27.8 Å². The van der Waals surface area contributed by atoms with Crippen molar-refractivity contribution in [3.05, 3.63) is 65.4 Å². The van der Waals surface area contributed by atoms with Crippen molar-refractivity contribution in [2.45, 2.75) is 19.9 Å². The Balaban J connectivity index is 1.87. The maximum atomic E-state index is 13.9. The molecule has 6 heteroatoms. The number of ether oxygens (including phenoxy) is 1. The molecule has 1 aromatic heterocycles. The predicted molar refractivity (Wildman–Crippen MR) is 94.3 cm³/mol. The average molecular weight is 356 g/mol. The summed E-state index contributed by atoms with van der Waals surface area (Å²) in [6.45, 7) is 2.96. The molecule has 26 heavy (non-hydrogen) atoms. The fourth-order valence-electron chi connectivity index (χ4n) is 3.59. The summed E-state index contributed by atoms with van der Waals surface area (Å²) in [7, 11) is 0. The molecule has 2 heterocycles. The molecule has 2 aromatic carbocycles. The summed E-state index contributed by atoms with van der Waals surface area (Å²) in [5.41, 5.74) is 3.57. The summed E-state index contributed by atoms with van der Waals surface area (Å²) in [5.74, 6) is -0.636. The molecule has 0 bridgehead atoms. The Morgan fingerprint density at radius 3 is 2.58 bits per heavy atom. The molecule has 3 aromatic rings. The fourth-order valence-corrected chi connectivity index (χ4v) is 3.59. The molecule has 1 aliphatic rings. The van der Waals surface area contributed by atoms with Crippen LogP contribution in [-0.2, 0) is 17.7 Å². The van der Waals surface area contributed by atoms with Crippen molar-refractivity contribution in [2.24, 2.45) is 0 Å². The number of aromatic nitrogens is 1. The average Bonchev–Trinajstić information content (AvgIpc) is 2.95. The van der Waals surface area contributed by atoms with E-state index in [4.69, 9.17) is 4.74 Å². The number of carbonyl (C=O) groups excluding carboxylic acids is 1. The second-order valence-electron chi connectivity index (χ2n) is 6.27. The number of benzene rings is 2. The standard InChI is InChI=1S/C20H18F2N2O2/c1-2-26-20(25)23-10-9-19-17(12-23)16-11-14(22)5-8-18(16)24(19)15-6-3-13(21)4-7-15/h3-8,11H,2,9-10,12H2,1H3. The van der Waals surface area contributed by atoms with Crippen molar-refractivity contribution in [1.29, 1.82) is 0 Å². The van der Waals surface area contributed by atoms with Gasteiger partial charge in [0.25, 0.3) is 0 Å². The van der Waals surface area contributed by atoms with Gasteiger partial charge in [-0.3, -0.25) is 0 Å². The van der Waals surface area contributed by atoms with Gasteiger partial charge < -0.3 is 14.2 Å². The van der Waals surface area contributed by atoms with Gasteiger partial charge in [0.15, 0.2) is 0 Å². The molecular formula is C20H18F2N2O2. The van der Waals surface area contributed by atoms with Crippen LogP contribution in [0, 0.1) is 11.6 Å². The second-order valence-corrected chi connectivity index (χ2v) is 6.27. The first-order chi connectivity index (χ1) is 12.6. The predicted octanol–water partition coefficient (Wildman–Crippen LogP) is 4.42. The number of amides is 1. The molecule has 0 saturated carbocycles. The van der Waals surface area contributed by atoms with E-state index in [9.17, 15) is 13.6 Å². The first-order valence-electron chi connectivity index (χ1n) is 8.58. The van der Waals surface area contributed by atoms with E-state index in [-0.39, 0.29) is 17.7 Å². The number of nitrogens with zero attached hydrogens (tertiary/aromatic N) is 2. The summed E-state index contributed by atoms with van der Waals surface area (Å²) in [5, 5.41) is 0.762. The van der Waals surface area contributed by atoms with Crippen molar-refractivity contribution in [3.8, 4) is 5.69 Å². The Bertz CT molecular complexity index is 980. The van der Waals surface area contributed by atoms with E-state index in [1.165, 1.54) is 24.3 Å². The van der Waals surface area contributed by atoms with Gasteiger partial charge in [0.05, 0.1) is 18.7 Å². The van der Waals surface area contributed by atoms with Crippen LogP contribution < -0.4 is 0 Å². The van der Waals surface area contributed by atoms with Gasteiger partial charge in [-0.25, -0.2) is 13.6 Å². The first-order valence-corrected chi connectivity index (χ1v) is 8.58. The molecule has 0 atom stereocenters. The maximum Gasteiger partial charge on any atom is 0.410 e. The largest absolute Gasteiger partial charge is 0.450 e. The van der Waals surface area contributed by atoms with Gasteiger partial charge in [-0.05, 0) is 49.4 Å². The van der Waals surface area contributed by atoms with Gasteiger partial charge in [-0.15, -0.1) is 0 Å². The lowest BCUT2D eigenvalue weighted by atomic mass is 10.0. The molecule has 1 amide bonds. The van der Waals surface area contributed by atoms with E-state index >= 15 is 0 Å². The molecule has 0 spiro atoms. The third-order valence-electron chi connectivity index (χ3n) is 4.72. The zero-order chi connectivity index (χ0) is 18.3. The monoisotopic (exact) mass is 356 g/mol. The summed E-state index contributed by atoms with van der Waals surface area (Å²) >= 11 is 0. The molecule has 4 nitrogen and oxygen atoms in total. The minimum atomic E-state index is -0.364. The van der Waals surface area contributed by atoms with E-state index in [1.54, 1.807) is 30.0 Å². The number of hydrogen-bond donors (Lipinski definition) is 0. The highest BCUT2D eigenvalue weighted by molar-refractivity contribution is 5.88. The molecule has 0 aliphatic carbocycles. The van der Waals surface area contributed by atoms with Crippen LogP contribution in [0.1, 0.15) is 18.2 Å². The van der Waals surface area contributed by atoms with Crippen LogP contribution in [0.3, 0.4) is 0 Å². The lowest BCUT2D eigenvalue weighted by Crippen LogP contribution is -2.36. The van der Waals surface area contributed by atoms with Crippen molar-refractivity contribution in [1.82, 2.24) is 9.47 Å². The molecule has 134 valence electrons. The third kappa shape index (κ3) is 2.71. The second kappa shape index (κ2) is 6.44. The molecule has 1 aliphatic heterocycles. The van der Waals surface area contributed by atoms with Gasteiger partial charge in [0.1, 0.15) is 11.6 Å². The van der Waals surface area contributed by atoms with Crippen LogP contribution in [0.4, 0.5) is 13.6 Å². The molecule has 4 rings (SSSR count). The number of rotatable bonds is 2. The Morgan fingerprint density at radius 2 is 1.85 bits per heavy atom. The topological polar surface area (TPSA) is 34.5 Å². The molecule has 0 fully saturated rings. The summed E-state index contributed by atoms with van der Waals surface area (Å²) in [6, 6.07) is 10.8. The van der Waals surface area contributed by atoms with Gasteiger partial charge in [-0.2, -0.15) is 0 Å². The number of fused-ring (bicyclic) bond motifs is 3. The summed E-state index contributed by atoms with van der Waals surface area (Å²) < 4.78 is 34.3. The number of hydrogen-bond acceptors (Lipinski definition) is 2. The SMILES string of the molecule is CCOC(=O)N1CCc2c(c3cc(F)ccc3n2-c2ccc(F)cc2)C1. The van der Waals surface area contributed by atoms with Crippen LogP contribution in [0.25, 0.3) is 16.6 Å². The van der Waals surface area contributed by atoms with Crippen LogP contribution >= 0.6 is 0 Å². The van der Waals surface area contributed by atoms with Crippen molar-refractivity contribution < 1.29 is 18.3 Å². The highest BCUT2D eigenvalue weighted by Crippen LogP contribution is 2.34. The van der Waals surface area contributed by atoms with Crippen molar-refractivity contribution in [2.75, 3.05) is 13.2 Å². The molecule has 0 saturated heterocycles. The third-order valence-corrected chi connectivity index (χ3v) is 4.72. The van der Waals surface area contributed by atoms with E-state index in [2.05, 4.69) is 0 Å². The van der Waals surface area contributed by atoms with Crippen molar-refractivity contribution >= 4 is 17.0 Å². The maximum absolute atomic E-state index is 13.9. The fraction of sp³-hybridized carbons (Fsp3) is 0.250. The van der Waals surface area contributed by atoms with Crippen LogP contribution in [0.15, 0.2) is 42.5 Å². The van der Waals surface area contributed by atoms with E-state index < -0.39 is 0 Å². The molecular weight excluding hydrogens is 338 g/mol. The van der Waals surface area contributed by atoms with Gasteiger partial charge in [-0.1, -0.05) is 0 Å². The summed E-state index contributed by atoms with van der Waals surface area (Å²) in [6.07, 6.45) is 0.249.